The molecule has 3 aliphatic heterocycles. The third kappa shape index (κ3) is 4.39. The fraction of sp³-hybridized carbons (Fsp3) is 0.393. The Kier molecular flexibility index (Phi) is 6.26. The number of anilines is 1. The van der Waals surface area contributed by atoms with Gasteiger partial charge in [-0.3, -0.25) is 19.3 Å². The minimum absolute atomic E-state index is 0.0111. The number of thiophene rings is 1. The Morgan fingerprint density at radius 1 is 1.08 bits per heavy atom. The Balaban J connectivity index is 1.19. The standard InChI is InChI=1S/C28H29N3O5S2/c1-29(16-21-14-18-6-2-3-10-24(18)37-21)26(32)19-7-5-12-30(15-19)23-9-4-8-22-25(23)28(34)31(27(22)33)20-11-13-38(35,36)17-20/h2-4,6,8-10,14,19-20H,5,7,11-13,15-17H2,1H3/t19-,20+/m1/s1. The molecule has 0 N–H and O–H groups in total. The molecular weight excluding hydrogens is 522 g/mol. The number of hydrogen-bond donors (Lipinski definition) is 0. The fourth-order valence-electron chi connectivity index (χ4n) is 6.00. The molecule has 0 radical (unpaired) electrons. The van der Waals surface area contributed by atoms with Crippen molar-refractivity contribution in [3.05, 3.63) is 64.5 Å². The highest BCUT2D eigenvalue weighted by molar-refractivity contribution is 7.91. The summed E-state index contributed by atoms with van der Waals surface area (Å²) in [5.74, 6) is -1.20. The van der Waals surface area contributed by atoms with Gasteiger partial charge in [-0.05, 0) is 48.9 Å². The zero-order valence-electron chi connectivity index (χ0n) is 21.1. The van der Waals surface area contributed by atoms with Crippen molar-refractivity contribution in [1.82, 2.24) is 9.80 Å². The summed E-state index contributed by atoms with van der Waals surface area (Å²) in [4.78, 5) is 46.2. The lowest BCUT2D eigenvalue weighted by molar-refractivity contribution is -0.135. The number of benzene rings is 2. The van der Waals surface area contributed by atoms with Crippen molar-refractivity contribution in [3.63, 3.8) is 0 Å². The Morgan fingerprint density at radius 3 is 2.66 bits per heavy atom. The van der Waals surface area contributed by atoms with E-state index in [1.54, 1.807) is 28.4 Å². The van der Waals surface area contributed by atoms with E-state index in [4.69, 9.17) is 0 Å². The van der Waals surface area contributed by atoms with Crippen LogP contribution in [0.4, 0.5) is 5.69 Å². The molecule has 2 atom stereocenters. The summed E-state index contributed by atoms with van der Waals surface area (Å²) in [5.41, 5.74) is 1.29. The molecule has 1 aromatic heterocycles. The Morgan fingerprint density at radius 2 is 1.89 bits per heavy atom. The third-order valence-electron chi connectivity index (χ3n) is 7.85. The van der Waals surface area contributed by atoms with E-state index in [1.165, 1.54) is 10.1 Å². The number of rotatable bonds is 5. The first-order valence-electron chi connectivity index (χ1n) is 12.9. The molecule has 3 aromatic rings. The zero-order chi connectivity index (χ0) is 26.6. The van der Waals surface area contributed by atoms with Gasteiger partial charge >= 0.3 is 0 Å². The number of piperidine rings is 1. The smallest absolute Gasteiger partial charge is 0.263 e. The second-order valence-electron chi connectivity index (χ2n) is 10.5. The van der Waals surface area contributed by atoms with Crippen LogP contribution < -0.4 is 4.90 Å². The van der Waals surface area contributed by atoms with E-state index in [0.717, 1.165) is 22.6 Å². The number of carbonyl (C=O) groups excluding carboxylic acids is 3. The number of amides is 3. The second kappa shape index (κ2) is 9.50. The van der Waals surface area contributed by atoms with Crippen LogP contribution in [0.25, 0.3) is 10.1 Å². The molecule has 3 amide bonds. The van der Waals surface area contributed by atoms with E-state index in [-0.39, 0.29) is 29.8 Å². The van der Waals surface area contributed by atoms with Gasteiger partial charge in [0, 0.05) is 29.7 Å². The topological polar surface area (TPSA) is 95.1 Å². The molecule has 2 saturated heterocycles. The molecule has 0 spiro atoms. The number of nitrogens with zero attached hydrogens (tertiary/aromatic N) is 3. The maximum atomic E-state index is 13.5. The summed E-state index contributed by atoms with van der Waals surface area (Å²) >= 11 is 1.70. The number of carbonyl (C=O) groups is 3. The predicted octanol–water partition coefficient (Wildman–Crippen LogP) is 3.56. The SMILES string of the molecule is CN(Cc1cc2ccccc2s1)C(=O)[C@@H]1CCCN(c2cccc3c2C(=O)N([C@H]2CCS(=O)(=O)C2)C3=O)C1. The molecule has 2 fully saturated rings. The summed E-state index contributed by atoms with van der Waals surface area (Å²) in [6, 6.07) is 14.9. The first kappa shape index (κ1) is 25.1. The molecule has 3 aliphatic rings. The molecule has 0 bridgehead atoms. The first-order chi connectivity index (χ1) is 18.2. The van der Waals surface area contributed by atoms with Gasteiger partial charge in [-0.25, -0.2) is 8.42 Å². The van der Waals surface area contributed by atoms with Crippen molar-refractivity contribution in [2.24, 2.45) is 5.92 Å². The number of imide groups is 1. The molecule has 0 unspecified atom stereocenters. The molecule has 0 aliphatic carbocycles. The van der Waals surface area contributed by atoms with Crippen LogP contribution >= 0.6 is 11.3 Å². The van der Waals surface area contributed by atoms with Gasteiger partial charge in [-0.1, -0.05) is 24.3 Å². The van der Waals surface area contributed by atoms with E-state index < -0.39 is 27.7 Å². The van der Waals surface area contributed by atoms with E-state index in [1.807, 2.05) is 30.1 Å². The Hall–Kier alpha value is -3.24. The van der Waals surface area contributed by atoms with Crippen molar-refractivity contribution in [3.8, 4) is 0 Å². The minimum atomic E-state index is -3.25. The van der Waals surface area contributed by atoms with Crippen LogP contribution in [0.2, 0.25) is 0 Å². The molecule has 0 saturated carbocycles. The monoisotopic (exact) mass is 551 g/mol. The number of hydrogen-bond acceptors (Lipinski definition) is 7. The summed E-state index contributed by atoms with van der Waals surface area (Å²) in [5, 5.41) is 1.18. The normalized spacial score (nSPS) is 22.8. The van der Waals surface area contributed by atoms with Crippen LogP contribution in [0, 0.1) is 5.92 Å². The van der Waals surface area contributed by atoms with Crippen LogP contribution in [0.1, 0.15) is 44.9 Å². The predicted molar refractivity (Wildman–Crippen MR) is 147 cm³/mol. The number of sulfone groups is 1. The molecule has 38 heavy (non-hydrogen) atoms. The summed E-state index contributed by atoms with van der Waals surface area (Å²) in [6.45, 7) is 1.69. The van der Waals surface area contributed by atoms with E-state index in [2.05, 4.69) is 18.2 Å². The van der Waals surface area contributed by atoms with Crippen LogP contribution in [0.15, 0.2) is 48.5 Å². The Labute approximate surface area is 225 Å². The summed E-state index contributed by atoms with van der Waals surface area (Å²) in [6.07, 6.45) is 1.83. The molecular formula is C28H29N3O5S2. The van der Waals surface area contributed by atoms with E-state index in [9.17, 15) is 22.8 Å². The average molecular weight is 552 g/mol. The van der Waals surface area contributed by atoms with Crippen LogP contribution in [0.3, 0.4) is 0 Å². The van der Waals surface area contributed by atoms with Gasteiger partial charge in [0.2, 0.25) is 5.91 Å². The molecule has 8 nitrogen and oxygen atoms in total. The lowest BCUT2D eigenvalue weighted by Gasteiger charge is -2.36. The number of fused-ring (bicyclic) bond motifs is 2. The quantitative estimate of drug-likeness (QED) is 0.450. The first-order valence-corrected chi connectivity index (χ1v) is 15.5. The van der Waals surface area contributed by atoms with Crippen LogP contribution in [-0.2, 0) is 21.2 Å². The lowest BCUT2D eigenvalue weighted by Crippen LogP contribution is -2.44. The summed E-state index contributed by atoms with van der Waals surface area (Å²) < 4.78 is 25.2. The highest BCUT2D eigenvalue weighted by atomic mass is 32.2. The average Bonchev–Trinajstić information content (AvgIpc) is 3.56. The van der Waals surface area contributed by atoms with Gasteiger partial charge in [0.15, 0.2) is 9.84 Å². The molecule has 6 rings (SSSR count). The van der Waals surface area contributed by atoms with Gasteiger partial charge in [0.1, 0.15) is 0 Å². The highest BCUT2D eigenvalue weighted by Crippen LogP contribution is 2.37. The molecule has 4 heterocycles. The van der Waals surface area contributed by atoms with Gasteiger partial charge in [-0.15, -0.1) is 11.3 Å². The maximum absolute atomic E-state index is 13.5. The van der Waals surface area contributed by atoms with Gasteiger partial charge in [0.05, 0.1) is 46.8 Å². The molecule has 2 aromatic carbocycles. The Bertz CT molecular complexity index is 1530. The highest BCUT2D eigenvalue weighted by Gasteiger charge is 2.46. The molecule has 10 heteroatoms. The third-order valence-corrected chi connectivity index (χ3v) is 10.7. The minimum Gasteiger partial charge on any atom is -0.370 e. The van der Waals surface area contributed by atoms with Gasteiger partial charge in [-0.2, -0.15) is 0 Å². The van der Waals surface area contributed by atoms with E-state index in [0.29, 0.717) is 36.4 Å². The van der Waals surface area contributed by atoms with Crippen molar-refractivity contribution in [1.29, 1.82) is 0 Å². The fourth-order valence-corrected chi connectivity index (χ4v) is 8.81. The van der Waals surface area contributed by atoms with Gasteiger partial charge < -0.3 is 9.80 Å². The summed E-state index contributed by atoms with van der Waals surface area (Å²) in [7, 11) is -1.42. The lowest BCUT2D eigenvalue weighted by atomic mass is 9.95. The van der Waals surface area contributed by atoms with Crippen LogP contribution in [0.5, 0.6) is 0 Å². The van der Waals surface area contributed by atoms with Crippen molar-refractivity contribution in [2.45, 2.75) is 31.8 Å². The molecule has 198 valence electrons. The van der Waals surface area contributed by atoms with Crippen molar-refractivity contribution in [2.75, 3.05) is 36.5 Å². The van der Waals surface area contributed by atoms with Crippen molar-refractivity contribution >= 4 is 54.7 Å². The zero-order valence-corrected chi connectivity index (χ0v) is 22.8. The maximum Gasteiger partial charge on any atom is 0.263 e. The van der Waals surface area contributed by atoms with Gasteiger partial charge in [0.25, 0.3) is 11.8 Å². The second-order valence-corrected chi connectivity index (χ2v) is 13.9. The van der Waals surface area contributed by atoms with Crippen molar-refractivity contribution < 1.29 is 22.8 Å². The van der Waals surface area contributed by atoms with Crippen LogP contribution in [-0.4, -0.2) is 73.6 Å². The largest absolute Gasteiger partial charge is 0.370 e. The van der Waals surface area contributed by atoms with E-state index >= 15 is 0 Å².